The van der Waals surface area contributed by atoms with Crippen molar-refractivity contribution in [3.05, 3.63) is 23.8 Å². The van der Waals surface area contributed by atoms with E-state index in [4.69, 9.17) is 15.2 Å². The van der Waals surface area contributed by atoms with E-state index in [2.05, 4.69) is 5.32 Å². The van der Waals surface area contributed by atoms with Crippen LogP contribution in [0.5, 0.6) is 11.5 Å². The van der Waals surface area contributed by atoms with E-state index < -0.39 is 0 Å². The van der Waals surface area contributed by atoms with Gasteiger partial charge in [0.2, 0.25) is 0 Å². The fourth-order valence-electron chi connectivity index (χ4n) is 1.24. The number of benzene rings is 1. The minimum atomic E-state index is -0.163. The molecule has 0 aliphatic rings. The summed E-state index contributed by atoms with van der Waals surface area (Å²) in [6, 6.07) is 5.00. The molecule has 0 aliphatic carbocycles. The van der Waals surface area contributed by atoms with Crippen LogP contribution in [0.25, 0.3) is 0 Å². The number of ether oxygens (including phenoxy) is 2. The molecule has 0 fully saturated rings. The van der Waals surface area contributed by atoms with Crippen molar-refractivity contribution in [3.63, 3.8) is 0 Å². The summed E-state index contributed by atoms with van der Waals surface area (Å²) in [7, 11) is 3.10. The lowest BCUT2D eigenvalue weighted by molar-refractivity contribution is 0.0962. The van der Waals surface area contributed by atoms with Crippen LogP contribution in [0.2, 0.25) is 0 Å². The van der Waals surface area contributed by atoms with E-state index >= 15 is 0 Å². The van der Waals surface area contributed by atoms with Crippen molar-refractivity contribution in [2.45, 2.75) is 0 Å². The Bertz CT molecular complexity index is 366. The van der Waals surface area contributed by atoms with Gasteiger partial charge in [0.05, 0.1) is 7.11 Å². The minimum Gasteiger partial charge on any atom is -0.493 e. The number of methoxy groups -OCH3 is 1. The maximum atomic E-state index is 11.4. The first-order valence-electron chi connectivity index (χ1n) is 4.96. The van der Waals surface area contributed by atoms with Crippen LogP contribution in [-0.4, -0.2) is 33.2 Å². The predicted molar refractivity (Wildman–Crippen MR) is 60.9 cm³/mol. The largest absolute Gasteiger partial charge is 0.493 e. The summed E-state index contributed by atoms with van der Waals surface area (Å²) in [6.07, 6.45) is 0. The summed E-state index contributed by atoms with van der Waals surface area (Å²) in [5.74, 6) is 0.943. The minimum absolute atomic E-state index is 0.163. The molecule has 1 rings (SSSR count). The molecule has 0 saturated carbocycles. The first-order valence-corrected chi connectivity index (χ1v) is 4.96. The Morgan fingerprint density at radius 3 is 2.75 bits per heavy atom. The van der Waals surface area contributed by atoms with Crippen LogP contribution in [0.4, 0.5) is 0 Å². The van der Waals surface area contributed by atoms with Crippen LogP contribution >= 0.6 is 0 Å². The summed E-state index contributed by atoms with van der Waals surface area (Å²) >= 11 is 0. The third-order valence-electron chi connectivity index (χ3n) is 2.03. The fraction of sp³-hybridized carbons (Fsp3) is 0.364. The van der Waals surface area contributed by atoms with Gasteiger partial charge < -0.3 is 20.5 Å². The molecule has 0 saturated heterocycles. The van der Waals surface area contributed by atoms with Crippen molar-refractivity contribution < 1.29 is 14.3 Å². The number of nitrogens with one attached hydrogen (secondary N) is 1. The number of amides is 1. The topological polar surface area (TPSA) is 73.6 Å². The molecule has 0 bridgehead atoms. The number of carbonyl (C=O) groups excluding carboxylic acids is 1. The van der Waals surface area contributed by atoms with E-state index in [-0.39, 0.29) is 5.91 Å². The molecule has 1 amide bonds. The molecule has 5 nitrogen and oxygen atoms in total. The van der Waals surface area contributed by atoms with E-state index in [0.29, 0.717) is 30.2 Å². The van der Waals surface area contributed by atoms with E-state index in [0.717, 1.165) is 0 Å². The molecule has 0 unspecified atom stereocenters. The van der Waals surface area contributed by atoms with Gasteiger partial charge in [-0.05, 0) is 18.2 Å². The second-order valence-corrected chi connectivity index (χ2v) is 3.08. The molecule has 0 atom stereocenters. The zero-order valence-electron chi connectivity index (χ0n) is 9.45. The van der Waals surface area contributed by atoms with Gasteiger partial charge in [-0.15, -0.1) is 0 Å². The van der Waals surface area contributed by atoms with Crippen molar-refractivity contribution in [1.82, 2.24) is 5.32 Å². The van der Waals surface area contributed by atoms with Gasteiger partial charge in [0.1, 0.15) is 6.61 Å². The molecule has 5 heteroatoms. The maximum absolute atomic E-state index is 11.4. The zero-order valence-corrected chi connectivity index (χ0v) is 9.45. The summed E-state index contributed by atoms with van der Waals surface area (Å²) < 4.78 is 10.5. The lowest BCUT2D eigenvalue weighted by atomic mass is 10.2. The van der Waals surface area contributed by atoms with Gasteiger partial charge in [-0.25, -0.2) is 0 Å². The summed E-state index contributed by atoms with van der Waals surface area (Å²) in [5, 5.41) is 2.54. The molecular formula is C11H16N2O3. The highest BCUT2D eigenvalue weighted by atomic mass is 16.5. The normalized spacial score (nSPS) is 9.69. The van der Waals surface area contributed by atoms with Crippen molar-refractivity contribution >= 4 is 5.91 Å². The number of hydrogen-bond acceptors (Lipinski definition) is 4. The van der Waals surface area contributed by atoms with E-state index in [1.807, 2.05) is 0 Å². The van der Waals surface area contributed by atoms with Crippen LogP contribution in [0, 0.1) is 0 Å². The average molecular weight is 224 g/mol. The summed E-state index contributed by atoms with van der Waals surface area (Å²) in [6.45, 7) is 0.843. The molecule has 88 valence electrons. The second-order valence-electron chi connectivity index (χ2n) is 3.08. The molecule has 0 spiro atoms. The Morgan fingerprint density at radius 2 is 2.19 bits per heavy atom. The molecule has 1 aromatic rings. The van der Waals surface area contributed by atoms with Gasteiger partial charge in [-0.3, -0.25) is 4.79 Å². The lowest BCUT2D eigenvalue weighted by Crippen LogP contribution is -2.18. The monoisotopic (exact) mass is 224 g/mol. The van der Waals surface area contributed by atoms with Crippen LogP contribution < -0.4 is 20.5 Å². The Labute approximate surface area is 94.5 Å². The van der Waals surface area contributed by atoms with E-state index in [9.17, 15) is 4.79 Å². The molecule has 3 N–H and O–H groups in total. The second kappa shape index (κ2) is 5.97. The Kier molecular flexibility index (Phi) is 4.60. The SMILES string of the molecule is CNC(=O)c1ccc(OCCN)c(OC)c1. The van der Waals surface area contributed by atoms with Gasteiger partial charge >= 0.3 is 0 Å². The highest BCUT2D eigenvalue weighted by Gasteiger charge is 2.09. The molecule has 0 aliphatic heterocycles. The van der Waals surface area contributed by atoms with Gasteiger partial charge in [-0.2, -0.15) is 0 Å². The molecule has 0 heterocycles. The molecule has 16 heavy (non-hydrogen) atoms. The first kappa shape index (κ1) is 12.3. The number of carbonyl (C=O) groups is 1. The quantitative estimate of drug-likeness (QED) is 0.759. The van der Waals surface area contributed by atoms with Gasteiger partial charge in [0, 0.05) is 19.2 Å². The average Bonchev–Trinajstić information content (AvgIpc) is 2.35. The number of nitrogens with two attached hydrogens (primary N) is 1. The summed E-state index contributed by atoms with van der Waals surface area (Å²) in [4.78, 5) is 11.4. The van der Waals surface area contributed by atoms with Crippen molar-refractivity contribution in [1.29, 1.82) is 0 Å². The number of rotatable bonds is 5. The van der Waals surface area contributed by atoms with Crippen LogP contribution in [0.1, 0.15) is 10.4 Å². The third kappa shape index (κ3) is 2.87. The van der Waals surface area contributed by atoms with Gasteiger partial charge in [-0.1, -0.05) is 0 Å². The van der Waals surface area contributed by atoms with Crippen molar-refractivity contribution in [2.24, 2.45) is 5.73 Å². The predicted octanol–water partition coefficient (Wildman–Crippen LogP) is 0.392. The van der Waals surface area contributed by atoms with Crippen LogP contribution in [0.3, 0.4) is 0 Å². The fourth-order valence-corrected chi connectivity index (χ4v) is 1.24. The molecule has 1 aromatic carbocycles. The standard InChI is InChI=1S/C11H16N2O3/c1-13-11(14)8-3-4-9(16-6-5-12)10(7-8)15-2/h3-4,7H,5-6,12H2,1-2H3,(H,13,14). The Hall–Kier alpha value is -1.75. The van der Waals surface area contributed by atoms with Crippen LogP contribution in [-0.2, 0) is 0 Å². The highest BCUT2D eigenvalue weighted by Crippen LogP contribution is 2.27. The van der Waals surface area contributed by atoms with Crippen molar-refractivity contribution in [3.8, 4) is 11.5 Å². The first-order chi connectivity index (χ1) is 7.72. The van der Waals surface area contributed by atoms with E-state index in [1.54, 1.807) is 25.2 Å². The Balaban J connectivity index is 2.92. The Morgan fingerprint density at radius 1 is 1.44 bits per heavy atom. The van der Waals surface area contributed by atoms with Crippen molar-refractivity contribution in [2.75, 3.05) is 27.3 Å². The van der Waals surface area contributed by atoms with E-state index in [1.165, 1.54) is 7.11 Å². The van der Waals surface area contributed by atoms with Gasteiger partial charge in [0.25, 0.3) is 5.91 Å². The van der Waals surface area contributed by atoms with Crippen LogP contribution in [0.15, 0.2) is 18.2 Å². The molecule has 0 aromatic heterocycles. The number of hydrogen-bond donors (Lipinski definition) is 2. The zero-order chi connectivity index (χ0) is 12.0. The maximum Gasteiger partial charge on any atom is 0.251 e. The molecular weight excluding hydrogens is 208 g/mol. The third-order valence-corrected chi connectivity index (χ3v) is 2.03. The lowest BCUT2D eigenvalue weighted by Gasteiger charge is -2.10. The summed E-state index contributed by atoms with van der Waals surface area (Å²) in [5.41, 5.74) is 5.86. The smallest absolute Gasteiger partial charge is 0.251 e. The molecule has 0 radical (unpaired) electrons. The highest BCUT2D eigenvalue weighted by molar-refractivity contribution is 5.94. The van der Waals surface area contributed by atoms with Gasteiger partial charge in [0.15, 0.2) is 11.5 Å².